The van der Waals surface area contributed by atoms with Gasteiger partial charge in [-0.2, -0.15) is 0 Å². The first-order valence-electron chi connectivity index (χ1n) is 8.97. The molecule has 5 nitrogen and oxygen atoms in total. The Balaban J connectivity index is 2.07. The number of amides is 1. The molecule has 0 aliphatic heterocycles. The molecule has 1 fully saturated rings. The van der Waals surface area contributed by atoms with Crippen molar-refractivity contribution < 1.29 is 17.9 Å². The highest BCUT2D eigenvalue weighted by Crippen LogP contribution is 2.28. The van der Waals surface area contributed by atoms with Crippen LogP contribution in [0.15, 0.2) is 34.1 Å². The summed E-state index contributed by atoms with van der Waals surface area (Å²) in [7, 11) is -3.39. The number of sulfone groups is 1. The number of carbonyl (C=O) groups excluding carboxylic acids is 1. The van der Waals surface area contributed by atoms with Crippen molar-refractivity contribution in [2.24, 2.45) is 5.92 Å². The summed E-state index contributed by atoms with van der Waals surface area (Å²) in [5, 5.41) is 2.89. The molecule has 26 heavy (non-hydrogen) atoms. The van der Waals surface area contributed by atoms with E-state index in [9.17, 15) is 13.2 Å². The fourth-order valence-corrected chi connectivity index (χ4v) is 5.33. The van der Waals surface area contributed by atoms with Crippen molar-refractivity contribution in [2.75, 3.05) is 12.0 Å². The van der Waals surface area contributed by atoms with Crippen LogP contribution < -0.4 is 5.32 Å². The van der Waals surface area contributed by atoms with Gasteiger partial charge in [0.05, 0.1) is 10.6 Å². The third kappa shape index (κ3) is 6.20. The van der Waals surface area contributed by atoms with Gasteiger partial charge >= 0.3 is 6.09 Å². The van der Waals surface area contributed by atoms with Crippen LogP contribution in [0.5, 0.6) is 0 Å². The molecule has 1 aromatic carbocycles. The maximum absolute atomic E-state index is 12.8. The highest BCUT2D eigenvalue weighted by atomic mass is 32.2. The van der Waals surface area contributed by atoms with E-state index in [0.717, 1.165) is 30.6 Å². The van der Waals surface area contributed by atoms with Gasteiger partial charge in [-0.3, -0.25) is 0 Å². The summed E-state index contributed by atoms with van der Waals surface area (Å²) in [5.41, 5.74) is -0.570. The highest BCUT2D eigenvalue weighted by molar-refractivity contribution is 7.98. The monoisotopic (exact) mass is 399 g/mol. The first-order valence-corrected chi connectivity index (χ1v) is 11.8. The van der Waals surface area contributed by atoms with Crippen molar-refractivity contribution in [2.45, 2.75) is 67.9 Å². The van der Waals surface area contributed by atoms with Crippen molar-refractivity contribution in [1.82, 2.24) is 5.32 Å². The van der Waals surface area contributed by atoms with Gasteiger partial charge in [0.25, 0.3) is 0 Å². The zero-order chi connectivity index (χ0) is 19.4. The van der Waals surface area contributed by atoms with Gasteiger partial charge in [-0.25, -0.2) is 13.2 Å². The number of alkyl carbamates (subject to hydrolysis) is 1. The van der Waals surface area contributed by atoms with Crippen LogP contribution in [0, 0.1) is 5.92 Å². The molecule has 146 valence electrons. The number of ether oxygens (including phenoxy) is 1. The predicted molar refractivity (Wildman–Crippen MR) is 105 cm³/mol. The molecule has 2 rings (SSSR count). The maximum atomic E-state index is 12.8. The topological polar surface area (TPSA) is 72.5 Å². The average molecular weight is 400 g/mol. The van der Waals surface area contributed by atoms with Gasteiger partial charge < -0.3 is 10.1 Å². The summed E-state index contributed by atoms with van der Waals surface area (Å²) in [5.74, 6) is -0.0481. The Hall–Kier alpha value is -1.21. The molecule has 1 aliphatic rings. The Morgan fingerprint density at radius 1 is 1.19 bits per heavy atom. The summed E-state index contributed by atoms with van der Waals surface area (Å²) in [6.45, 7) is 5.44. The Kier molecular flexibility index (Phi) is 7.02. The van der Waals surface area contributed by atoms with Gasteiger partial charge in [0.15, 0.2) is 9.84 Å². The second kappa shape index (κ2) is 8.65. The third-order valence-electron chi connectivity index (χ3n) is 4.46. The molecule has 0 aromatic heterocycles. The maximum Gasteiger partial charge on any atom is 0.407 e. The molecule has 0 radical (unpaired) electrons. The number of hydrogen-bond donors (Lipinski definition) is 1. The minimum absolute atomic E-state index is 0.0477. The minimum atomic E-state index is -3.39. The summed E-state index contributed by atoms with van der Waals surface area (Å²) in [6, 6.07) is 6.82. The number of rotatable bonds is 5. The van der Waals surface area contributed by atoms with E-state index in [2.05, 4.69) is 5.32 Å². The van der Waals surface area contributed by atoms with E-state index in [1.165, 1.54) is 0 Å². The van der Waals surface area contributed by atoms with E-state index in [-0.39, 0.29) is 17.7 Å². The molecule has 2 unspecified atom stereocenters. The lowest BCUT2D eigenvalue weighted by Gasteiger charge is -2.32. The fourth-order valence-electron chi connectivity index (χ4n) is 3.22. The lowest BCUT2D eigenvalue weighted by atomic mass is 9.86. The van der Waals surface area contributed by atoms with E-state index in [1.807, 2.05) is 39.2 Å². The molecule has 1 saturated carbocycles. The molecule has 2 atom stereocenters. The van der Waals surface area contributed by atoms with Crippen LogP contribution in [-0.2, 0) is 14.6 Å². The molecule has 0 bridgehead atoms. The van der Waals surface area contributed by atoms with E-state index in [1.54, 1.807) is 23.9 Å². The largest absolute Gasteiger partial charge is 0.444 e. The molecule has 0 saturated heterocycles. The smallest absolute Gasteiger partial charge is 0.407 e. The molecule has 1 N–H and O–H groups in total. The van der Waals surface area contributed by atoms with Gasteiger partial charge in [-0.15, -0.1) is 11.8 Å². The fraction of sp³-hybridized carbons (Fsp3) is 0.632. The lowest BCUT2D eigenvalue weighted by Crippen LogP contribution is -2.46. The van der Waals surface area contributed by atoms with E-state index >= 15 is 0 Å². The molecule has 1 aromatic rings. The van der Waals surface area contributed by atoms with Crippen LogP contribution in [-0.4, -0.2) is 38.2 Å². The quantitative estimate of drug-likeness (QED) is 0.749. The van der Waals surface area contributed by atoms with Gasteiger partial charge in [0, 0.05) is 10.9 Å². The number of thioether (sulfide) groups is 1. The minimum Gasteiger partial charge on any atom is -0.444 e. The first-order chi connectivity index (χ1) is 12.1. The zero-order valence-corrected chi connectivity index (χ0v) is 17.6. The van der Waals surface area contributed by atoms with Crippen molar-refractivity contribution in [3.63, 3.8) is 0 Å². The predicted octanol–water partition coefficient (Wildman–Crippen LogP) is 4.27. The number of carbonyl (C=O) groups is 1. The van der Waals surface area contributed by atoms with Crippen LogP contribution in [0.25, 0.3) is 0 Å². The Morgan fingerprint density at radius 2 is 1.81 bits per heavy atom. The summed E-state index contributed by atoms with van der Waals surface area (Å²) >= 11 is 1.58. The molecular formula is C19H29NO4S2. The van der Waals surface area contributed by atoms with E-state index in [4.69, 9.17) is 4.74 Å². The second-order valence-electron chi connectivity index (χ2n) is 7.75. The van der Waals surface area contributed by atoms with Crippen molar-refractivity contribution >= 4 is 27.7 Å². The Bertz CT molecular complexity index is 708. The van der Waals surface area contributed by atoms with Gasteiger partial charge in [0.1, 0.15) is 5.60 Å². The van der Waals surface area contributed by atoms with Crippen LogP contribution in [0.4, 0.5) is 4.79 Å². The van der Waals surface area contributed by atoms with Gasteiger partial charge in [-0.1, -0.05) is 12.8 Å². The summed E-state index contributed by atoms with van der Waals surface area (Å²) in [6.07, 6.45) is 5.03. The van der Waals surface area contributed by atoms with Crippen LogP contribution in [0.2, 0.25) is 0 Å². The molecule has 7 heteroatoms. The number of nitrogens with one attached hydrogen (secondary N) is 1. The first kappa shape index (κ1) is 21.1. The van der Waals surface area contributed by atoms with E-state index < -0.39 is 21.5 Å². The van der Waals surface area contributed by atoms with Crippen molar-refractivity contribution in [1.29, 1.82) is 0 Å². The number of benzene rings is 1. The summed E-state index contributed by atoms with van der Waals surface area (Å²) < 4.78 is 30.9. The van der Waals surface area contributed by atoms with Gasteiger partial charge in [-0.05, 0) is 70.1 Å². The van der Waals surface area contributed by atoms with Gasteiger partial charge in [0.2, 0.25) is 0 Å². The molecular weight excluding hydrogens is 370 g/mol. The van der Waals surface area contributed by atoms with Crippen molar-refractivity contribution in [3.05, 3.63) is 24.3 Å². The lowest BCUT2D eigenvalue weighted by molar-refractivity contribution is 0.0474. The SMILES string of the molecule is CSc1ccc(S(=O)(=O)CC2CCCCC2NC(=O)OC(C)(C)C)cc1. The van der Waals surface area contributed by atoms with E-state index in [0.29, 0.717) is 4.90 Å². The van der Waals surface area contributed by atoms with Crippen LogP contribution in [0.1, 0.15) is 46.5 Å². The molecule has 1 amide bonds. The molecule has 0 spiro atoms. The Morgan fingerprint density at radius 3 is 2.38 bits per heavy atom. The standard InChI is InChI=1S/C19H29NO4S2/c1-19(2,3)24-18(21)20-17-8-6-5-7-14(17)13-26(22,23)16-11-9-15(25-4)10-12-16/h9-12,14,17H,5-8,13H2,1-4H3,(H,20,21). The molecule has 0 heterocycles. The Labute approximate surface area is 161 Å². The summed E-state index contributed by atoms with van der Waals surface area (Å²) in [4.78, 5) is 13.5. The normalized spacial score (nSPS) is 21.2. The van der Waals surface area contributed by atoms with Crippen LogP contribution in [0.3, 0.4) is 0 Å². The second-order valence-corrected chi connectivity index (χ2v) is 10.7. The molecule has 1 aliphatic carbocycles. The average Bonchev–Trinajstić information content (AvgIpc) is 2.55. The van der Waals surface area contributed by atoms with Crippen molar-refractivity contribution in [3.8, 4) is 0 Å². The van der Waals surface area contributed by atoms with Crippen LogP contribution >= 0.6 is 11.8 Å². The third-order valence-corrected chi connectivity index (χ3v) is 7.06. The zero-order valence-electron chi connectivity index (χ0n) is 15.9. The highest BCUT2D eigenvalue weighted by Gasteiger charge is 2.32. The number of hydrogen-bond acceptors (Lipinski definition) is 5.